The van der Waals surface area contributed by atoms with Gasteiger partial charge in [0.25, 0.3) is 0 Å². The monoisotopic (exact) mass is 618 g/mol. The minimum absolute atomic E-state index is 0.821. The van der Waals surface area contributed by atoms with Crippen molar-refractivity contribution in [1.29, 1.82) is 0 Å². The maximum absolute atomic E-state index is 6.56. The number of para-hydroxylation sites is 1. The van der Waals surface area contributed by atoms with E-state index in [0.717, 1.165) is 50.7 Å². The summed E-state index contributed by atoms with van der Waals surface area (Å²) in [5.41, 5.74) is 6.25. The summed E-state index contributed by atoms with van der Waals surface area (Å²) in [6.45, 7) is 0. The average molecular weight is 619 g/mol. The zero-order valence-corrected chi connectivity index (χ0v) is 26.6. The number of hydrogen-bond acceptors (Lipinski definition) is 2. The van der Waals surface area contributed by atoms with Gasteiger partial charge in [0.2, 0.25) is 0 Å². The lowest BCUT2D eigenvalue weighted by atomic mass is 10.0. The van der Waals surface area contributed by atoms with Crippen LogP contribution in [0.5, 0.6) is 11.5 Å². The summed E-state index contributed by atoms with van der Waals surface area (Å²) in [7, 11) is -2.58. The topological polar surface area (TPSA) is 27.1 Å². The molecule has 0 aliphatic carbocycles. The van der Waals surface area contributed by atoms with Gasteiger partial charge in [0.1, 0.15) is 11.3 Å². The molecule has 2 heterocycles. The molecule has 0 amide bonds. The molecule has 4 heteroatoms. The Hall–Kier alpha value is -5.97. The number of hydrogen-bond donors (Lipinski definition) is 0. The van der Waals surface area contributed by atoms with Crippen molar-refractivity contribution in [3.63, 3.8) is 0 Å². The molecule has 3 nitrogen and oxygen atoms in total. The van der Waals surface area contributed by atoms with Gasteiger partial charge in [-0.1, -0.05) is 158 Å². The fourth-order valence-electron chi connectivity index (χ4n) is 7.25. The second-order valence-corrected chi connectivity index (χ2v) is 15.8. The highest BCUT2D eigenvalue weighted by Crippen LogP contribution is 2.44. The van der Waals surface area contributed by atoms with E-state index in [0.29, 0.717) is 0 Å². The molecule has 9 rings (SSSR count). The van der Waals surface area contributed by atoms with Crippen molar-refractivity contribution in [3.8, 4) is 39.7 Å². The predicted octanol–water partition coefficient (Wildman–Crippen LogP) is 7.84. The number of benzene rings is 7. The van der Waals surface area contributed by atoms with Crippen molar-refractivity contribution >= 4 is 39.9 Å². The summed E-state index contributed by atoms with van der Waals surface area (Å²) in [6.07, 6.45) is 0. The molecule has 0 N–H and O–H groups in total. The van der Waals surface area contributed by atoms with Crippen molar-refractivity contribution in [2.75, 3.05) is 0 Å². The summed E-state index contributed by atoms with van der Waals surface area (Å²) in [6, 6.07) is 65.4. The van der Waals surface area contributed by atoms with E-state index >= 15 is 0 Å². The molecule has 0 spiro atoms. The van der Waals surface area contributed by atoms with Crippen LogP contribution in [0.1, 0.15) is 0 Å². The molecule has 1 aromatic heterocycles. The minimum Gasteiger partial charge on any atom is -0.453 e. The zero-order chi connectivity index (χ0) is 31.2. The first-order chi connectivity index (χ1) is 23.3. The zero-order valence-electron chi connectivity index (χ0n) is 25.6. The first-order valence-corrected chi connectivity index (χ1v) is 18.0. The Kier molecular flexibility index (Phi) is 6.47. The first kappa shape index (κ1) is 27.3. The van der Waals surface area contributed by atoms with E-state index in [4.69, 9.17) is 9.72 Å². The maximum Gasteiger partial charge on any atom is 0.179 e. The lowest BCUT2D eigenvalue weighted by molar-refractivity contribution is 0.476. The van der Waals surface area contributed by atoms with Gasteiger partial charge in [-0.25, -0.2) is 4.98 Å². The van der Waals surface area contributed by atoms with E-state index in [1.54, 1.807) is 0 Å². The number of rotatable bonds is 6. The number of fused-ring (bicyclic) bond motifs is 2. The third-order valence-electron chi connectivity index (χ3n) is 9.36. The van der Waals surface area contributed by atoms with Gasteiger partial charge in [0.15, 0.2) is 19.6 Å². The lowest BCUT2D eigenvalue weighted by Gasteiger charge is -2.34. The van der Waals surface area contributed by atoms with Gasteiger partial charge in [0, 0.05) is 5.56 Å². The number of imidazole rings is 1. The van der Waals surface area contributed by atoms with E-state index in [2.05, 4.69) is 168 Å². The van der Waals surface area contributed by atoms with Crippen LogP contribution in [0.3, 0.4) is 0 Å². The Labute approximate surface area is 275 Å². The van der Waals surface area contributed by atoms with E-state index in [1.807, 2.05) is 18.2 Å². The first-order valence-electron chi connectivity index (χ1n) is 16.0. The summed E-state index contributed by atoms with van der Waals surface area (Å²) in [5.74, 6) is 2.56. The molecule has 1 aliphatic rings. The Morgan fingerprint density at radius 1 is 0.426 bits per heavy atom. The highest BCUT2D eigenvalue weighted by molar-refractivity contribution is 7.19. The van der Waals surface area contributed by atoms with Crippen molar-refractivity contribution in [3.05, 3.63) is 182 Å². The normalized spacial score (nSPS) is 12.0. The van der Waals surface area contributed by atoms with Crippen LogP contribution in [0.2, 0.25) is 0 Å². The summed E-state index contributed by atoms with van der Waals surface area (Å²) in [5, 5.41) is 5.45. The van der Waals surface area contributed by atoms with E-state index in [-0.39, 0.29) is 0 Å². The van der Waals surface area contributed by atoms with Crippen molar-refractivity contribution in [2.24, 2.45) is 0 Å². The molecule has 0 bridgehead atoms. The van der Waals surface area contributed by atoms with Gasteiger partial charge in [0.05, 0.1) is 11.2 Å². The van der Waals surface area contributed by atoms with Crippen molar-refractivity contribution < 1.29 is 4.74 Å². The smallest absolute Gasteiger partial charge is 0.179 e. The van der Waals surface area contributed by atoms with Gasteiger partial charge in [-0.15, -0.1) is 0 Å². The molecular weight excluding hydrogens is 589 g/mol. The molecule has 0 saturated heterocycles. The minimum atomic E-state index is -2.58. The summed E-state index contributed by atoms with van der Waals surface area (Å²) in [4.78, 5) is 5.03. The van der Waals surface area contributed by atoms with Crippen LogP contribution < -0.4 is 25.5 Å². The summed E-state index contributed by atoms with van der Waals surface area (Å²) >= 11 is 0. The van der Waals surface area contributed by atoms with Gasteiger partial charge in [-0.3, -0.25) is 4.57 Å². The molecule has 0 saturated carbocycles. The Morgan fingerprint density at radius 2 is 0.957 bits per heavy atom. The molecule has 222 valence electrons. The van der Waals surface area contributed by atoms with Gasteiger partial charge in [-0.05, 0) is 56.1 Å². The second-order valence-electron chi connectivity index (χ2n) is 12.0. The molecule has 8 aromatic rings. The largest absolute Gasteiger partial charge is 0.453 e. The SMILES string of the molecule is c1ccc(-c2nc3cccc4c3n2-c2ccc(-c3ccc([Si](c5ccccc5)(c5ccccc5)c5ccccc5)cc3)cc2O4)cc1. The van der Waals surface area contributed by atoms with Crippen LogP contribution in [0.4, 0.5) is 0 Å². The Balaban J connectivity index is 1.17. The fraction of sp³-hybridized carbons (Fsp3) is 0. The number of nitrogens with zero attached hydrogens (tertiary/aromatic N) is 2. The van der Waals surface area contributed by atoms with Gasteiger partial charge >= 0.3 is 0 Å². The van der Waals surface area contributed by atoms with Crippen LogP contribution >= 0.6 is 0 Å². The van der Waals surface area contributed by atoms with Crippen LogP contribution in [0.15, 0.2) is 182 Å². The Morgan fingerprint density at radius 3 is 1.55 bits per heavy atom. The maximum atomic E-state index is 6.56. The molecule has 1 aliphatic heterocycles. The third kappa shape index (κ3) is 4.37. The van der Waals surface area contributed by atoms with Crippen molar-refractivity contribution in [1.82, 2.24) is 9.55 Å². The lowest BCUT2D eigenvalue weighted by Crippen LogP contribution is -2.74. The van der Waals surface area contributed by atoms with Crippen LogP contribution in [0.25, 0.3) is 39.2 Å². The second kappa shape index (κ2) is 11.1. The molecular formula is C43H30N2OSi. The third-order valence-corrected chi connectivity index (χ3v) is 14.2. The Bertz CT molecular complexity index is 2260. The van der Waals surface area contributed by atoms with Gasteiger partial charge in [-0.2, -0.15) is 0 Å². The van der Waals surface area contributed by atoms with E-state index < -0.39 is 8.07 Å². The molecule has 0 fully saturated rings. The molecule has 47 heavy (non-hydrogen) atoms. The van der Waals surface area contributed by atoms with E-state index in [9.17, 15) is 0 Å². The standard InChI is InChI=1S/C43H30N2OSi/c1-5-14-32(15-6-1)43-44-38-22-13-23-40-42(38)45(43)39-29-26-33(30-41(39)46-40)31-24-27-37(28-25-31)47(34-16-7-2-8-17-34,35-18-9-3-10-19-35)36-20-11-4-12-21-36/h1-30H. The van der Waals surface area contributed by atoms with Crippen molar-refractivity contribution in [2.45, 2.75) is 0 Å². The number of aromatic nitrogens is 2. The molecule has 0 radical (unpaired) electrons. The summed E-state index contributed by atoms with van der Waals surface area (Å²) < 4.78 is 8.80. The highest BCUT2D eigenvalue weighted by Gasteiger charge is 2.41. The predicted molar refractivity (Wildman–Crippen MR) is 196 cm³/mol. The molecule has 7 aromatic carbocycles. The average Bonchev–Trinajstić information content (AvgIpc) is 3.55. The number of ether oxygens (including phenoxy) is 1. The van der Waals surface area contributed by atoms with Crippen LogP contribution in [0, 0.1) is 0 Å². The van der Waals surface area contributed by atoms with Crippen LogP contribution in [-0.2, 0) is 0 Å². The van der Waals surface area contributed by atoms with E-state index in [1.165, 1.54) is 20.7 Å². The fourth-order valence-corrected chi connectivity index (χ4v) is 12.0. The molecule has 0 atom stereocenters. The molecule has 0 unspecified atom stereocenters. The van der Waals surface area contributed by atoms with Crippen LogP contribution in [-0.4, -0.2) is 17.6 Å². The highest BCUT2D eigenvalue weighted by atomic mass is 28.3. The quantitative estimate of drug-likeness (QED) is 0.140. The van der Waals surface area contributed by atoms with Gasteiger partial charge < -0.3 is 4.74 Å².